The SMILES string of the molecule is BrC(Br)c1cccc2occc12. The highest BCUT2D eigenvalue weighted by Crippen LogP contribution is 2.34. The van der Waals surface area contributed by atoms with E-state index in [1.54, 1.807) is 6.26 Å². The third-order valence-electron chi connectivity index (χ3n) is 1.76. The van der Waals surface area contributed by atoms with E-state index in [2.05, 4.69) is 37.9 Å². The van der Waals surface area contributed by atoms with Gasteiger partial charge in [-0.2, -0.15) is 0 Å². The molecule has 0 bridgehead atoms. The maximum atomic E-state index is 5.27. The largest absolute Gasteiger partial charge is 0.464 e. The molecule has 0 aliphatic carbocycles. The lowest BCUT2D eigenvalue weighted by molar-refractivity contribution is 0.616. The molecule has 1 heterocycles. The molecule has 12 heavy (non-hydrogen) atoms. The average Bonchev–Trinajstić information content (AvgIpc) is 2.49. The molecule has 1 aromatic heterocycles. The molecular formula is C9H6Br2O. The van der Waals surface area contributed by atoms with Crippen LogP contribution in [0.4, 0.5) is 0 Å². The van der Waals surface area contributed by atoms with Gasteiger partial charge in [0, 0.05) is 5.39 Å². The van der Waals surface area contributed by atoms with Gasteiger partial charge in [0.25, 0.3) is 0 Å². The number of halogens is 2. The van der Waals surface area contributed by atoms with Crippen molar-refractivity contribution in [2.24, 2.45) is 0 Å². The molecule has 0 saturated carbocycles. The molecule has 0 radical (unpaired) electrons. The van der Waals surface area contributed by atoms with E-state index >= 15 is 0 Å². The topological polar surface area (TPSA) is 13.1 Å². The average molecular weight is 290 g/mol. The summed E-state index contributed by atoms with van der Waals surface area (Å²) >= 11 is 6.93. The van der Waals surface area contributed by atoms with E-state index in [-0.39, 0.29) is 3.74 Å². The van der Waals surface area contributed by atoms with Gasteiger partial charge in [-0.25, -0.2) is 0 Å². The molecule has 0 N–H and O–H groups in total. The fourth-order valence-corrected chi connectivity index (χ4v) is 2.01. The van der Waals surface area contributed by atoms with Crippen LogP contribution < -0.4 is 0 Å². The van der Waals surface area contributed by atoms with E-state index in [9.17, 15) is 0 Å². The highest BCUT2D eigenvalue weighted by Gasteiger charge is 2.07. The minimum Gasteiger partial charge on any atom is -0.464 e. The number of benzene rings is 1. The van der Waals surface area contributed by atoms with Crippen molar-refractivity contribution in [2.45, 2.75) is 3.74 Å². The zero-order valence-electron chi connectivity index (χ0n) is 6.13. The van der Waals surface area contributed by atoms with Crippen LogP contribution in [0.25, 0.3) is 11.0 Å². The first kappa shape index (κ1) is 8.32. The Morgan fingerprint density at radius 1 is 1.17 bits per heavy atom. The first-order chi connectivity index (χ1) is 5.79. The summed E-state index contributed by atoms with van der Waals surface area (Å²) < 4.78 is 5.45. The summed E-state index contributed by atoms with van der Waals surface area (Å²) in [4.78, 5) is 0. The van der Waals surface area contributed by atoms with Crippen LogP contribution in [0.3, 0.4) is 0 Å². The molecule has 0 saturated heterocycles. The molecule has 2 rings (SSSR count). The Kier molecular flexibility index (Phi) is 2.24. The van der Waals surface area contributed by atoms with Crippen molar-refractivity contribution < 1.29 is 4.42 Å². The van der Waals surface area contributed by atoms with E-state index < -0.39 is 0 Å². The van der Waals surface area contributed by atoms with Crippen LogP contribution >= 0.6 is 31.9 Å². The molecule has 0 unspecified atom stereocenters. The normalized spacial score (nSPS) is 11.2. The second-order valence-electron chi connectivity index (χ2n) is 2.48. The van der Waals surface area contributed by atoms with Crippen molar-refractivity contribution in [1.82, 2.24) is 0 Å². The fourth-order valence-electron chi connectivity index (χ4n) is 1.21. The maximum absolute atomic E-state index is 5.27. The standard InChI is InChI=1S/C9H6Br2O/c10-9(11)7-2-1-3-8-6(7)4-5-12-8/h1-5,9H. The molecule has 0 spiro atoms. The molecule has 0 aliphatic rings. The van der Waals surface area contributed by atoms with Crippen LogP contribution in [-0.2, 0) is 0 Å². The van der Waals surface area contributed by atoms with Crippen LogP contribution in [0.15, 0.2) is 34.9 Å². The van der Waals surface area contributed by atoms with Gasteiger partial charge in [0.1, 0.15) is 5.58 Å². The molecule has 0 atom stereocenters. The van der Waals surface area contributed by atoms with Crippen LogP contribution in [0.2, 0.25) is 0 Å². The van der Waals surface area contributed by atoms with Crippen molar-refractivity contribution in [2.75, 3.05) is 0 Å². The van der Waals surface area contributed by atoms with E-state index in [0.717, 1.165) is 11.0 Å². The molecule has 0 aliphatic heterocycles. The molecule has 0 fully saturated rings. The number of hydrogen-bond acceptors (Lipinski definition) is 1. The van der Waals surface area contributed by atoms with E-state index in [0.29, 0.717) is 0 Å². The molecule has 2 aromatic rings. The summed E-state index contributed by atoms with van der Waals surface area (Å²) in [5, 5.41) is 1.15. The monoisotopic (exact) mass is 288 g/mol. The molecule has 3 heteroatoms. The Morgan fingerprint density at radius 3 is 2.75 bits per heavy atom. The summed E-state index contributed by atoms with van der Waals surface area (Å²) in [6.45, 7) is 0. The first-order valence-corrected chi connectivity index (χ1v) is 5.36. The summed E-state index contributed by atoms with van der Waals surface area (Å²) in [6.07, 6.45) is 1.70. The molecule has 62 valence electrons. The predicted molar refractivity (Wildman–Crippen MR) is 56.8 cm³/mol. The summed E-state index contributed by atoms with van der Waals surface area (Å²) in [7, 11) is 0. The predicted octanol–water partition coefficient (Wildman–Crippen LogP) is 4.22. The maximum Gasteiger partial charge on any atom is 0.134 e. The number of rotatable bonds is 1. The van der Waals surface area contributed by atoms with Crippen LogP contribution in [0, 0.1) is 0 Å². The molecular weight excluding hydrogens is 284 g/mol. The Hall–Kier alpha value is -0.280. The van der Waals surface area contributed by atoms with Gasteiger partial charge in [-0.05, 0) is 17.7 Å². The third-order valence-corrected chi connectivity index (χ3v) is 2.75. The van der Waals surface area contributed by atoms with Crippen molar-refractivity contribution in [3.63, 3.8) is 0 Å². The van der Waals surface area contributed by atoms with E-state index in [1.165, 1.54) is 5.56 Å². The van der Waals surface area contributed by atoms with Gasteiger partial charge >= 0.3 is 0 Å². The minimum atomic E-state index is 0.186. The first-order valence-electron chi connectivity index (χ1n) is 3.53. The summed E-state index contributed by atoms with van der Waals surface area (Å²) in [5.41, 5.74) is 2.12. The van der Waals surface area contributed by atoms with Gasteiger partial charge in [-0.1, -0.05) is 44.0 Å². The zero-order chi connectivity index (χ0) is 8.55. The Balaban J connectivity index is 2.73. The number of hydrogen-bond donors (Lipinski definition) is 0. The van der Waals surface area contributed by atoms with Gasteiger partial charge < -0.3 is 4.42 Å². The molecule has 1 nitrogen and oxygen atoms in total. The number of alkyl halides is 2. The van der Waals surface area contributed by atoms with E-state index in [1.807, 2.05) is 18.2 Å². The van der Waals surface area contributed by atoms with Crippen molar-refractivity contribution >= 4 is 42.8 Å². The molecule has 1 aromatic carbocycles. The summed E-state index contributed by atoms with van der Waals surface area (Å²) in [5.74, 6) is 0. The second kappa shape index (κ2) is 3.23. The van der Waals surface area contributed by atoms with Crippen molar-refractivity contribution in [3.8, 4) is 0 Å². The van der Waals surface area contributed by atoms with Gasteiger partial charge in [-0.15, -0.1) is 0 Å². The van der Waals surface area contributed by atoms with Gasteiger partial charge in [0.15, 0.2) is 0 Å². The Morgan fingerprint density at radius 2 is 2.00 bits per heavy atom. The Labute approximate surface area is 87.0 Å². The van der Waals surface area contributed by atoms with E-state index in [4.69, 9.17) is 4.42 Å². The highest BCUT2D eigenvalue weighted by atomic mass is 79.9. The van der Waals surface area contributed by atoms with Crippen LogP contribution in [0.5, 0.6) is 0 Å². The molecule has 0 amide bonds. The van der Waals surface area contributed by atoms with Crippen LogP contribution in [0.1, 0.15) is 9.30 Å². The highest BCUT2D eigenvalue weighted by molar-refractivity contribution is 9.24. The second-order valence-corrected chi connectivity index (χ2v) is 5.54. The zero-order valence-corrected chi connectivity index (χ0v) is 9.30. The lowest BCUT2D eigenvalue weighted by Gasteiger charge is -2.01. The van der Waals surface area contributed by atoms with Gasteiger partial charge in [0.05, 0.1) is 10.00 Å². The number of furan rings is 1. The number of fused-ring (bicyclic) bond motifs is 1. The van der Waals surface area contributed by atoms with Crippen LogP contribution in [-0.4, -0.2) is 0 Å². The third kappa shape index (κ3) is 1.31. The van der Waals surface area contributed by atoms with Gasteiger partial charge in [-0.3, -0.25) is 0 Å². The van der Waals surface area contributed by atoms with Gasteiger partial charge in [0.2, 0.25) is 0 Å². The summed E-state index contributed by atoms with van der Waals surface area (Å²) in [6, 6.07) is 7.98. The smallest absolute Gasteiger partial charge is 0.134 e. The lowest BCUT2D eigenvalue weighted by Crippen LogP contribution is -1.79. The Bertz CT molecular complexity index is 392. The quantitative estimate of drug-likeness (QED) is 0.717. The fraction of sp³-hybridized carbons (Fsp3) is 0.111. The van der Waals surface area contributed by atoms with Crippen molar-refractivity contribution in [3.05, 3.63) is 36.1 Å². The lowest BCUT2D eigenvalue weighted by atomic mass is 10.1. The van der Waals surface area contributed by atoms with Crippen molar-refractivity contribution in [1.29, 1.82) is 0 Å². The minimum absolute atomic E-state index is 0.186.